The minimum atomic E-state index is 0.540. The predicted molar refractivity (Wildman–Crippen MR) is 70.0 cm³/mol. The summed E-state index contributed by atoms with van der Waals surface area (Å²) in [5.74, 6) is 0. The van der Waals surface area contributed by atoms with E-state index in [0.29, 0.717) is 6.10 Å². The standard InChI is InChI=1S/C14H24N2O/c1-2-16-9-7-13(12-16)11-15-8-10-17-14-5-3-4-6-14/h7,9,12,14-15H,2-6,8,10-11H2,1H3. The summed E-state index contributed by atoms with van der Waals surface area (Å²) in [6.45, 7) is 5.95. The molecule has 0 aliphatic heterocycles. The minimum absolute atomic E-state index is 0.540. The molecule has 0 unspecified atom stereocenters. The zero-order chi connectivity index (χ0) is 11.9. The van der Waals surface area contributed by atoms with Crippen molar-refractivity contribution in [3.63, 3.8) is 0 Å². The molecule has 0 amide bonds. The van der Waals surface area contributed by atoms with Gasteiger partial charge in [0.25, 0.3) is 0 Å². The summed E-state index contributed by atoms with van der Waals surface area (Å²) in [6, 6.07) is 2.17. The van der Waals surface area contributed by atoms with Gasteiger partial charge in [0.2, 0.25) is 0 Å². The van der Waals surface area contributed by atoms with Crippen LogP contribution in [0.3, 0.4) is 0 Å². The lowest BCUT2D eigenvalue weighted by molar-refractivity contribution is 0.0603. The quantitative estimate of drug-likeness (QED) is 0.736. The van der Waals surface area contributed by atoms with Gasteiger partial charge in [-0.05, 0) is 31.4 Å². The zero-order valence-electron chi connectivity index (χ0n) is 10.8. The molecular weight excluding hydrogens is 212 g/mol. The highest BCUT2D eigenvalue weighted by Crippen LogP contribution is 2.20. The predicted octanol–water partition coefficient (Wildman–Crippen LogP) is 2.56. The number of rotatable bonds is 7. The van der Waals surface area contributed by atoms with Crippen molar-refractivity contribution in [3.8, 4) is 0 Å². The Balaban J connectivity index is 1.53. The summed E-state index contributed by atoms with van der Waals surface area (Å²) in [5, 5.41) is 3.42. The van der Waals surface area contributed by atoms with Crippen molar-refractivity contribution in [3.05, 3.63) is 24.0 Å². The molecule has 1 aromatic heterocycles. The van der Waals surface area contributed by atoms with E-state index in [2.05, 4.69) is 35.3 Å². The van der Waals surface area contributed by atoms with Crippen LogP contribution in [0.5, 0.6) is 0 Å². The zero-order valence-corrected chi connectivity index (χ0v) is 10.8. The number of nitrogens with zero attached hydrogens (tertiary/aromatic N) is 1. The van der Waals surface area contributed by atoms with Crippen molar-refractivity contribution in [2.24, 2.45) is 0 Å². The van der Waals surface area contributed by atoms with Gasteiger partial charge in [0, 0.05) is 32.0 Å². The summed E-state index contributed by atoms with van der Waals surface area (Å²) in [6.07, 6.45) is 10.1. The van der Waals surface area contributed by atoms with Crippen molar-refractivity contribution in [2.45, 2.75) is 51.8 Å². The molecule has 1 aromatic rings. The molecule has 0 aromatic carbocycles. The minimum Gasteiger partial charge on any atom is -0.377 e. The Morgan fingerprint density at radius 1 is 1.41 bits per heavy atom. The first-order valence-electron chi connectivity index (χ1n) is 6.85. The summed E-state index contributed by atoms with van der Waals surface area (Å²) in [4.78, 5) is 0. The van der Waals surface area contributed by atoms with Crippen LogP contribution in [-0.4, -0.2) is 23.8 Å². The van der Waals surface area contributed by atoms with Crippen LogP contribution in [0.15, 0.2) is 18.5 Å². The van der Waals surface area contributed by atoms with Gasteiger partial charge in [0.05, 0.1) is 12.7 Å². The van der Waals surface area contributed by atoms with Crippen LogP contribution in [0.2, 0.25) is 0 Å². The molecule has 0 spiro atoms. The van der Waals surface area contributed by atoms with Crippen LogP contribution in [-0.2, 0) is 17.8 Å². The van der Waals surface area contributed by atoms with E-state index in [1.165, 1.54) is 31.2 Å². The van der Waals surface area contributed by atoms with Gasteiger partial charge in [0.1, 0.15) is 0 Å². The first-order chi connectivity index (χ1) is 8.38. The van der Waals surface area contributed by atoms with Crippen LogP contribution in [0.25, 0.3) is 0 Å². The van der Waals surface area contributed by atoms with E-state index in [4.69, 9.17) is 4.74 Å². The molecule has 1 aliphatic carbocycles. The Labute approximate surface area is 104 Å². The van der Waals surface area contributed by atoms with Crippen molar-refractivity contribution >= 4 is 0 Å². The molecule has 1 heterocycles. The lowest BCUT2D eigenvalue weighted by atomic mass is 10.3. The van der Waals surface area contributed by atoms with Crippen molar-refractivity contribution in [2.75, 3.05) is 13.2 Å². The van der Waals surface area contributed by atoms with Gasteiger partial charge < -0.3 is 14.6 Å². The summed E-state index contributed by atoms with van der Waals surface area (Å²) < 4.78 is 8.00. The molecule has 3 nitrogen and oxygen atoms in total. The Bertz CT molecular complexity index is 316. The molecule has 0 bridgehead atoms. The average molecular weight is 236 g/mol. The molecule has 17 heavy (non-hydrogen) atoms. The topological polar surface area (TPSA) is 26.2 Å². The highest BCUT2D eigenvalue weighted by atomic mass is 16.5. The Hall–Kier alpha value is -0.800. The average Bonchev–Trinajstić information content (AvgIpc) is 2.99. The third-order valence-electron chi connectivity index (χ3n) is 3.44. The molecule has 3 heteroatoms. The maximum Gasteiger partial charge on any atom is 0.0594 e. The van der Waals surface area contributed by atoms with Crippen LogP contribution >= 0.6 is 0 Å². The van der Waals surface area contributed by atoms with Crippen molar-refractivity contribution in [1.29, 1.82) is 0 Å². The molecule has 1 aliphatic rings. The van der Waals surface area contributed by atoms with Gasteiger partial charge in [-0.15, -0.1) is 0 Å². The van der Waals surface area contributed by atoms with Crippen LogP contribution in [0.4, 0.5) is 0 Å². The molecule has 0 saturated heterocycles. The number of aromatic nitrogens is 1. The van der Waals surface area contributed by atoms with Gasteiger partial charge in [-0.2, -0.15) is 0 Å². The van der Waals surface area contributed by atoms with E-state index in [0.717, 1.165) is 26.2 Å². The molecule has 2 rings (SSSR count). The molecule has 1 N–H and O–H groups in total. The highest BCUT2D eigenvalue weighted by molar-refractivity contribution is 5.09. The van der Waals surface area contributed by atoms with Gasteiger partial charge in [0.15, 0.2) is 0 Å². The van der Waals surface area contributed by atoms with Crippen LogP contribution < -0.4 is 5.32 Å². The second kappa shape index (κ2) is 6.82. The second-order valence-electron chi connectivity index (χ2n) is 4.80. The lowest BCUT2D eigenvalue weighted by Gasteiger charge is -2.11. The maximum absolute atomic E-state index is 5.80. The Kier molecular flexibility index (Phi) is 5.08. The van der Waals surface area contributed by atoms with Gasteiger partial charge >= 0.3 is 0 Å². The number of hydrogen-bond donors (Lipinski definition) is 1. The summed E-state index contributed by atoms with van der Waals surface area (Å²) >= 11 is 0. The van der Waals surface area contributed by atoms with Gasteiger partial charge in [-0.3, -0.25) is 0 Å². The molecule has 0 atom stereocenters. The fourth-order valence-electron chi connectivity index (χ4n) is 2.38. The van der Waals surface area contributed by atoms with E-state index in [-0.39, 0.29) is 0 Å². The molecular formula is C14H24N2O. The third kappa shape index (κ3) is 4.17. The molecule has 96 valence electrons. The van der Waals surface area contributed by atoms with Crippen LogP contribution in [0, 0.1) is 0 Å². The number of hydrogen-bond acceptors (Lipinski definition) is 2. The summed E-state index contributed by atoms with van der Waals surface area (Å²) in [7, 11) is 0. The van der Waals surface area contributed by atoms with Crippen molar-refractivity contribution < 1.29 is 4.74 Å². The van der Waals surface area contributed by atoms with Crippen LogP contribution in [0.1, 0.15) is 38.2 Å². The number of ether oxygens (including phenoxy) is 1. The summed E-state index contributed by atoms with van der Waals surface area (Å²) in [5.41, 5.74) is 1.35. The van der Waals surface area contributed by atoms with E-state index in [1.54, 1.807) is 0 Å². The van der Waals surface area contributed by atoms with Crippen molar-refractivity contribution in [1.82, 2.24) is 9.88 Å². The first kappa shape index (κ1) is 12.7. The molecule has 0 radical (unpaired) electrons. The molecule has 1 saturated carbocycles. The Morgan fingerprint density at radius 3 is 2.94 bits per heavy atom. The smallest absolute Gasteiger partial charge is 0.0594 e. The SMILES string of the molecule is CCn1ccc(CNCCOC2CCCC2)c1. The normalized spacial score (nSPS) is 16.8. The van der Waals surface area contributed by atoms with E-state index >= 15 is 0 Å². The number of nitrogens with one attached hydrogen (secondary N) is 1. The lowest BCUT2D eigenvalue weighted by Crippen LogP contribution is -2.21. The van der Waals surface area contributed by atoms with E-state index in [1.807, 2.05) is 0 Å². The maximum atomic E-state index is 5.80. The van der Waals surface area contributed by atoms with Gasteiger partial charge in [-0.25, -0.2) is 0 Å². The first-order valence-corrected chi connectivity index (χ1v) is 6.85. The monoisotopic (exact) mass is 236 g/mol. The largest absolute Gasteiger partial charge is 0.377 e. The second-order valence-corrected chi connectivity index (χ2v) is 4.80. The van der Waals surface area contributed by atoms with E-state index in [9.17, 15) is 0 Å². The van der Waals surface area contributed by atoms with Gasteiger partial charge in [-0.1, -0.05) is 12.8 Å². The molecule has 1 fully saturated rings. The van der Waals surface area contributed by atoms with E-state index < -0.39 is 0 Å². The highest BCUT2D eigenvalue weighted by Gasteiger charge is 2.14. The Morgan fingerprint density at radius 2 is 2.24 bits per heavy atom. The fourth-order valence-corrected chi connectivity index (χ4v) is 2.38. The fraction of sp³-hybridized carbons (Fsp3) is 0.714. The third-order valence-corrected chi connectivity index (χ3v) is 3.44. The number of aryl methyl sites for hydroxylation is 1.